The van der Waals surface area contributed by atoms with Crippen LogP contribution in [-0.2, 0) is 13.1 Å². The van der Waals surface area contributed by atoms with Crippen molar-refractivity contribution < 1.29 is 0 Å². The molecule has 1 aliphatic heterocycles. The van der Waals surface area contributed by atoms with Gasteiger partial charge in [0.25, 0.3) is 0 Å². The number of hydrogen-bond acceptors (Lipinski definition) is 2. The molecule has 2 heteroatoms. The van der Waals surface area contributed by atoms with Gasteiger partial charge in [0, 0.05) is 24.5 Å². The third-order valence-corrected chi connectivity index (χ3v) is 3.65. The van der Waals surface area contributed by atoms with E-state index in [-0.39, 0.29) is 0 Å². The van der Waals surface area contributed by atoms with Gasteiger partial charge in [0.1, 0.15) is 0 Å². The Labute approximate surface area is 108 Å². The molecular formula is C16H18N2. The number of benzene rings is 2. The maximum absolute atomic E-state index is 5.85. The topological polar surface area (TPSA) is 29.3 Å². The Balaban J connectivity index is 1.93. The first-order valence-electron chi connectivity index (χ1n) is 6.33. The third-order valence-electron chi connectivity index (χ3n) is 3.65. The second-order valence-electron chi connectivity index (χ2n) is 5.17. The smallest absolute Gasteiger partial charge is 0.0437 e. The molecule has 2 N–H and O–H groups in total. The molecule has 0 aromatic heterocycles. The van der Waals surface area contributed by atoms with Gasteiger partial charge in [0.05, 0.1) is 0 Å². The van der Waals surface area contributed by atoms with Crippen molar-refractivity contribution >= 4 is 11.4 Å². The number of fused-ring (bicyclic) bond motifs is 1. The van der Waals surface area contributed by atoms with Crippen LogP contribution in [0.1, 0.15) is 22.3 Å². The van der Waals surface area contributed by atoms with E-state index in [1.54, 1.807) is 0 Å². The number of hydrogen-bond donors (Lipinski definition) is 1. The molecule has 0 saturated heterocycles. The minimum absolute atomic E-state index is 0.858. The first kappa shape index (κ1) is 11.1. The largest absolute Gasteiger partial charge is 0.399 e. The van der Waals surface area contributed by atoms with Crippen LogP contribution in [0.2, 0.25) is 0 Å². The van der Waals surface area contributed by atoms with Crippen molar-refractivity contribution in [3.05, 3.63) is 58.7 Å². The summed E-state index contributed by atoms with van der Waals surface area (Å²) >= 11 is 0. The Morgan fingerprint density at radius 3 is 2.50 bits per heavy atom. The molecule has 1 heterocycles. The molecular weight excluding hydrogens is 220 g/mol. The van der Waals surface area contributed by atoms with Gasteiger partial charge in [-0.25, -0.2) is 0 Å². The fourth-order valence-electron chi connectivity index (χ4n) is 2.74. The van der Waals surface area contributed by atoms with E-state index in [4.69, 9.17) is 5.73 Å². The SMILES string of the molecule is Cc1ccc(N2Cc3ccc(N)cc3C2)c(C)c1. The van der Waals surface area contributed by atoms with E-state index in [1.165, 1.54) is 27.9 Å². The van der Waals surface area contributed by atoms with Gasteiger partial charge in [-0.1, -0.05) is 23.8 Å². The highest BCUT2D eigenvalue weighted by atomic mass is 15.1. The summed E-state index contributed by atoms with van der Waals surface area (Å²) < 4.78 is 0. The zero-order valence-corrected chi connectivity index (χ0v) is 10.9. The summed E-state index contributed by atoms with van der Waals surface area (Å²) in [7, 11) is 0. The van der Waals surface area contributed by atoms with Crippen LogP contribution in [0.5, 0.6) is 0 Å². The molecule has 0 aliphatic carbocycles. The van der Waals surface area contributed by atoms with Crippen molar-refractivity contribution in [1.82, 2.24) is 0 Å². The van der Waals surface area contributed by atoms with Gasteiger partial charge in [-0.15, -0.1) is 0 Å². The van der Waals surface area contributed by atoms with E-state index in [1.807, 2.05) is 6.07 Å². The predicted molar refractivity (Wildman–Crippen MR) is 76.7 cm³/mol. The van der Waals surface area contributed by atoms with Crippen molar-refractivity contribution in [1.29, 1.82) is 0 Å². The van der Waals surface area contributed by atoms with Crippen LogP contribution < -0.4 is 10.6 Å². The van der Waals surface area contributed by atoms with E-state index in [2.05, 4.69) is 49.1 Å². The van der Waals surface area contributed by atoms with E-state index in [0.717, 1.165) is 18.8 Å². The summed E-state index contributed by atoms with van der Waals surface area (Å²) in [5.74, 6) is 0. The van der Waals surface area contributed by atoms with Crippen LogP contribution in [0, 0.1) is 13.8 Å². The Morgan fingerprint density at radius 2 is 1.72 bits per heavy atom. The quantitative estimate of drug-likeness (QED) is 0.771. The predicted octanol–water partition coefficient (Wildman–Crippen LogP) is 3.41. The first-order chi connectivity index (χ1) is 8.63. The van der Waals surface area contributed by atoms with Gasteiger partial charge in [-0.05, 0) is 48.7 Å². The molecule has 92 valence electrons. The van der Waals surface area contributed by atoms with Crippen LogP contribution in [0.4, 0.5) is 11.4 Å². The van der Waals surface area contributed by atoms with Gasteiger partial charge >= 0.3 is 0 Å². The van der Waals surface area contributed by atoms with Crippen molar-refractivity contribution in [2.24, 2.45) is 0 Å². The van der Waals surface area contributed by atoms with Crippen molar-refractivity contribution in [2.45, 2.75) is 26.9 Å². The summed E-state index contributed by atoms with van der Waals surface area (Å²) in [6, 6.07) is 12.9. The third kappa shape index (κ3) is 1.84. The fourth-order valence-corrected chi connectivity index (χ4v) is 2.74. The average Bonchev–Trinajstić information content (AvgIpc) is 2.71. The van der Waals surface area contributed by atoms with Crippen LogP contribution in [-0.4, -0.2) is 0 Å². The molecule has 3 rings (SSSR count). The van der Waals surface area contributed by atoms with E-state index in [0.29, 0.717) is 0 Å². The summed E-state index contributed by atoms with van der Waals surface area (Å²) in [4.78, 5) is 2.42. The molecule has 0 bridgehead atoms. The molecule has 0 amide bonds. The number of nitrogens with zero attached hydrogens (tertiary/aromatic N) is 1. The zero-order valence-electron chi connectivity index (χ0n) is 10.9. The monoisotopic (exact) mass is 238 g/mol. The van der Waals surface area contributed by atoms with Crippen LogP contribution in [0.3, 0.4) is 0 Å². The highest BCUT2D eigenvalue weighted by Crippen LogP contribution is 2.31. The molecule has 0 unspecified atom stereocenters. The van der Waals surface area contributed by atoms with Crippen molar-refractivity contribution in [2.75, 3.05) is 10.6 Å². The van der Waals surface area contributed by atoms with Crippen molar-refractivity contribution in [3.8, 4) is 0 Å². The van der Waals surface area contributed by atoms with Gasteiger partial charge in [0.2, 0.25) is 0 Å². The summed E-state index contributed by atoms with van der Waals surface area (Å²) in [5.41, 5.74) is 13.4. The highest BCUT2D eigenvalue weighted by molar-refractivity contribution is 5.59. The lowest BCUT2D eigenvalue weighted by molar-refractivity contribution is 0.875. The number of anilines is 2. The normalized spacial score (nSPS) is 13.8. The van der Waals surface area contributed by atoms with Crippen LogP contribution in [0.25, 0.3) is 0 Å². The number of nitrogens with two attached hydrogens (primary N) is 1. The number of aryl methyl sites for hydroxylation is 2. The average molecular weight is 238 g/mol. The van der Waals surface area contributed by atoms with E-state index < -0.39 is 0 Å². The maximum Gasteiger partial charge on any atom is 0.0437 e. The summed E-state index contributed by atoms with van der Waals surface area (Å²) in [5, 5.41) is 0. The minimum Gasteiger partial charge on any atom is -0.399 e. The van der Waals surface area contributed by atoms with Gasteiger partial charge in [-0.3, -0.25) is 0 Å². The molecule has 0 atom stereocenters. The Bertz CT molecular complexity index is 602. The van der Waals surface area contributed by atoms with Gasteiger partial charge in [0.15, 0.2) is 0 Å². The van der Waals surface area contributed by atoms with Crippen LogP contribution in [0.15, 0.2) is 36.4 Å². The lowest BCUT2D eigenvalue weighted by atomic mass is 10.1. The van der Waals surface area contributed by atoms with Gasteiger partial charge < -0.3 is 10.6 Å². The zero-order chi connectivity index (χ0) is 12.7. The molecule has 18 heavy (non-hydrogen) atoms. The minimum atomic E-state index is 0.858. The Morgan fingerprint density at radius 1 is 0.944 bits per heavy atom. The molecule has 0 saturated carbocycles. The molecule has 2 aromatic rings. The number of nitrogen functional groups attached to an aromatic ring is 1. The Kier molecular flexibility index (Phi) is 2.51. The molecule has 2 aromatic carbocycles. The summed E-state index contributed by atoms with van der Waals surface area (Å²) in [6.07, 6.45) is 0. The first-order valence-corrected chi connectivity index (χ1v) is 6.33. The lowest BCUT2D eigenvalue weighted by Gasteiger charge is -2.20. The van der Waals surface area contributed by atoms with Crippen LogP contribution >= 0.6 is 0 Å². The molecule has 1 aliphatic rings. The Hall–Kier alpha value is -1.96. The standard InChI is InChI=1S/C16H18N2/c1-11-3-6-16(12(2)7-11)18-9-13-4-5-15(17)8-14(13)10-18/h3-8H,9-10,17H2,1-2H3. The van der Waals surface area contributed by atoms with Crippen molar-refractivity contribution in [3.63, 3.8) is 0 Å². The van der Waals surface area contributed by atoms with E-state index >= 15 is 0 Å². The maximum atomic E-state index is 5.85. The summed E-state index contributed by atoms with van der Waals surface area (Å²) in [6.45, 7) is 6.26. The molecule has 0 spiro atoms. The van der Waals surface area contributed by atoms with E-state index in [9.17, 15) is 0 Å². The lowest BCUT2D eigenvalue weighted by Crippen LogP contribution is -2.15. The molecule has 2 nitrogen and oxygen atoms in total. The highest BCUT2D eigenvalue weighted by Gasteiger charge is 2.20. The second kappa shape index (κ2) is 4.05. The van der Waals surface area contributed by atoms with Gasteiger partial charge in [-0.2, -0.15) is 0 Å². The number of rotatable bonds is 1. The fraction of sp³-hybridized carbons (Fsp3) is 0.250. The molecule has 0 fully saturated rings. The molecule has 0 radical (unpaired) electrons. The second-order valence-corrected chi connectivity index (χ2v) is 5.17.